The number of carbonyl (C=O) groups excluding carboxylic acids is 1. The van der Waals surface area contributed by atoms with Gasteiger partial charge in [-0.15, -0.1) is 0 Å². The van der Waals surface area contributed by atoms with Gasteiger partial charge in [0, 0.05) is 32.1 Å². The van der Waals surface area contributed by atoms with E-state index in [0.717, 1.165) is 37.9 Å². The third kappa shape index (κ3) is 4.60. The molecule has 1 aliphatic heterocycles. The second-order valence-corrected chi connectivity index (χ2v) is 5.53. The maximum absolute atomic E-state index is 13.1. The summed E-state index contributed by atoms with van der Waals surface area (Å²) in [7, 11) is 0. The number of nitrogens with one attached hydrogen (secondary N) is 1. The van der Waals surface area contributed by atoms with E-state index < -0.39 is 0 Å². The summed E-state index contributed by atoms with van der Waals surface area (Å²) in [6.45, 7) is 4.58. The highest BCUT2D eigenvalue weighted by Gasteiger charge is 2.17. The maximum Gasteiger partial charge on any atom is 0.223 e. The molecule has 110 valence electrons. The number of halogens is 1. The minimum atomic E-state index is -0.195. The number of hydrogen-bond acceptors (Lipinski definition) is 2. The normalized spacial score (nSPS) is 16.4. The summed E-state index contributed by atoms with van der Waals surface area (Å²) in [5, 5.41) is 3.33. The van der Waals surface area contributed by atoms with Crippen LogP contribution < -0.4 is 5.32 Å². The molecule has 0 aliphatic carbocycles. The summed E-state index contributed by atoms with van der Waals surface area (Å²) in [5.41, 5.74) is 0.982. The first-order valence-electron chi connectivity index (χ1n) is 7.41. The van der Waals surface area contributed by atoms with Crippen LogP contribution >= 0.6 is 0 Å². The van der Waals surface area contributed by atoms with Crippen molar-refractivity contribution in [3.63, 3.8) is 0 Å². The van der Waals surface area contributed by atoms with E-state index in [-0.39, 0.29) is 17.8 Å². The standard InChI is InChI=1S/C16H23FN2O/c1-13(11-14-5-4-6-15(17)12-14)18-8-7-16(20)19-9-2-3-10-19/h4-6,12-13,18H,2-3,7-11H2,1H3. The number of carbonyl (C=O) groups is 1. The van der Waals surface area contributed by atoms with Gasteiger partial charge in [0.2, 0.25) is 5.91 Å². The molecule has 1 aromatic rings. The summed E-state index contributed by atoms with van der Waals surface area (Å²) < 4.78 is 13.1. The van der Waals surface area contributed by atoms with Crippen molar-refractivity contribution in [2.24, 2.45) is 0 Å². The van der Waals surface area contributed by atoms with Crippen molar-refractivity contribution in [3.05, 3.63) is 35.6 Å². The van der Waals surface area contributed by atoms with Crippen molar-refractivity contribution in [3.8, 4) is 0 Å². The molecule has 1 fully saturated rings. The van der Waals surface area contributed by atoms with Gasteiger partial charge in [0.1, 0.15) is 5.82 Å². The number of nitrogens with zero attached hydrogens (tertiary/aromatic N) is 1. The lowest BCUT2D eigenvalue weighted by molar-refractivity contribution is -0.130. The zero-order valence-corrected chi connectivity index (χ0v) is 12.1. The fourth-order valence-corrected chi connectivity index (χ4v) is 2.64. The van der Waals surface area contributed by atoms with E-state index in [1.807, 2.05) is 11.0 Å². The Balaban J connectivity index is 1.67. The number of benzene rings is 1. The Bertz CT molecular complexity index is 444. The largest absolute Gasteiger partial charge is 0.343 e. The summed E-state index contributed by atoms with van der Waals surface area (Å²) in [4.78, 5) is 13.8. The lowest BCUT2D eigenvalue weighted by Gasteiger charge is -2.17. The zero-order chi connectivity index (χ0) is 14.4. The minimum Gasteiger partial charge on any atom is -0.343 e. The molecule has 1 amide bonds. The fraction of sp³-hybridized carbons (Fsp3) is 0.562. The van der Waals surface area contributed by atoms with Crippen LogP contribution in [0.3, 0.4) is 0 Å². The zero-order valence-electron chi connectivity index (χ0n) is 12.1. The SMILES string of the molecule is CC(Cc1cccc(F)c1)NCCC(=O)N1CCCC1. The van der Waals surface area contributed by atoms with Crippen molar-refractivity contribution >= 4 is 5.91 Å². The lowest BCUT2D eigenvalue weighted by atomic mass is 10.1. The third-order valence-electron chi connectivity index (χ3n) is 3.72. The Kier molecular flexibility index (Phi) is 5.53. The van der Waals surface area contributed by atoms with Gasteiger partial charge in [-0.25, -0.2) is 4.39 Å². The first kappa shape index (κ1) is 15.0. The van der Waals surface area contributed by atoms with Crippen LogP contribution in [0.1, 0.15) is 31.7 Å². The van der Waals surface area contributed by atoms with E-state index in [0.29, 0.717) is 13.0 Å². The maximum atomic E-state index is 13.1. The van der Waals surface area contributed by atoms with Gasteiger partial charge >= 0.3 is 0 Å². The molecule has 1 aliphatic rings. The van der Waals surface area contributed by atoms with Gasteiger partial charge in [0.25, 0.3) is 0 Å². The van der Waals surface area contributed by atoms with Crippen LogP contribution in [0.2, 0.25) is 0 Å². The van der Waals surface area contributed by atoms with Crippen molar-refractivity contribution in [1.29, 1.82) is 0 Å². The van der Waals surface area contributed by atoms with E-state index in [4.69, 9.17) is 0 Å². The molecule has 0 saturated carbocycles. The highest BCUT2D eigenvalue weighted by Crippen LogP contribution is 2.09. The average Bonchev–Trinajstić information content (AvgIpc) is 2.92. The molecule has 20 heavy (non-hydrogen) atoms. The predicted octanol–water partition coefficient (Wildman–Crippen LogP) is 2.36. The Morgan fingerprint density at radius 3 is 2.85 bits per heavy atom. The van der Waals surface area contributed by atoms with Crippen molar-refractivity contribution < 1.29 is 9.18 Å². The molecule has 1 saturated heterocycles. The highest BCUT2D eigenvalue weighted by atomic mass is 19.1. The van der Waals surface area contributed by atoms with Gasteiger partial charge in [-0.2, -0.15) is 0 Å². The molecule has 2 rings (SSSR count). The number of rotatable bonds is 6. The summed E-state index contributed by atoms with van der Waals surface area (Å²) in [6, 6.07) is 6.91. The second-order valence-electron chi connectivity index (χ2n) is 5.53. The molecule has 1 atom stereocenters. The van der Waals surface area contributed by atoms with Crippen LogP contribution in [0.5, 0.6) is 0 Å². The smallest absolute Gasteiger partial charge is 0.223 e. The molecular weight excluding hydrogens is 255 g/mol. The second kappa shape index (κ2) is 7.39. The molecule has 4 heteroatoms. The number of amides is 1. The monoisotopic (exact) mass is 278 g/mol. The Labute approximate surface area is 120 Å². The van der Waals surface area contributed by atoms with E-state index in [1.54, 1.807) is 12.1 Å². The van der Waals surface area contributed by atoms with Crippen LogP contribution in [0.25, 0.3) is 0 Å². The number of likely N-dealkylation sites (tertiary alicyclic amines) is 1. The highest BCUT2D eigenvalue weighted by molar-refractivity contribution is 5.76. The van der Waals surface area contributed by atoms with Gasteiger partial charge in [0.15, 0.2) is 0 Å². The molecule has 0 spiro atoms. The molecule has 1 unspecified atom stereocenters. The topological polar surface area (TPSA) is 32.3 Å². The van der Waals surface area contributed by atoms with Crippen LogP contribution in [0.15, 0.2) is 24.3 Å². The van der Waals surface area contributed by atoms with Crippen molar-refractivity contribution in [2.45, 2.75) is 38.6 Å². The van der Waals surface area contributed by atoms with Crippen LogP contribution in [-0.4, -0.2) is 36.5 Å². The first-order chi connectivity index (χ1) is 9.65. The Morgan fingerprint density at radius 2 is 2.15 bits per heavy atom. The number of hydrogen-bond donors (Lipinski definition) is 1. The molecule has 1 aromatic carbocycles. The van der Waals surface area contributed by atoms with Gasteiger partial charge in [-0.05, 0) is 43.9 Å². The van der Waals surface area contributed by atoms with E-state index in [1.165, 1.54) is 6.07 Å². The lowest BCUT2D eigenvalue weighted by Crippen LogP contribution is -2.34. The van der Waals surface area contributed by atoms with Crippen molar-refractivity contribution in [2.75, 3.05) is 19.6 Å². The summed E-state index contributed by atoms with van der Waals surface area (Å²) in [5.74, 6) is 0.0480. The molecular formula is C16H23FN2O. The predicted molar refractivity (Wildman–Crippen MR) is 78.0 cm³/mol. The van der Waals surface area contributed by atoms with Gasteiger partial charge in [0.05, 0.1) is 0 Å². The molecule has 3 nitrogen and oxygen atoms in total. The molecule has 1 heterocycles. The van der Waals surface area contributed by atoms with E-state index >= 15 is 0 Å². The van der Waals surface area contributed by atoms with Crippen LogP contribution in [0, 0.1) is 5.82 Å². The van der Waals surface area contributed by atoms with Gasteiger partial charge in [-0.3, -0.25) is 4.79 Å². The van der Waals surface area contributed by atoms with Gasteiger partial charge < -0.3 is 10.2 Å². The Hall–Kier alpha value is -1.42. The van der Waals surface area contributed by atoms with Crippen LogP contribution in [-0.2, 0) is 11.2 Å². The fourth-order valence-electron chi connectivity index (χ4n) is 2.64. The quantitative estimate of drug-likeness (QED) is 0.866. The van der Waals surface area contributed by atoms with Crippen LogP contribution in [0.4, 0.5) is 4.39 Å². The molecule has 0 radical (unpaired) electrons. The first-order valence-corrected chi connectivity index (χ1v) is 7.41. The minimum absolute atomic E-state index is 0.195. The molecule has 0 aromatic heterocycles. The summed E-state index contributed by atoms with van der Waals surface area (Å²) >= 11 is 0. The van der Waals surface area contributed by atoms with Gasteiger partial charge in [-0.1, -0.05) is 12.1 Å². The Morgan fingerprint density at radius 1 is 1.40 bits per heavy atom. The molecule has 1 N–H and O–H groups in total. The molecule has 0 bridgehead atoms. The third-order valence-corrected chi connectivity index (χ3v) is 3.72. The van der Waals surface area contributed by atoms with Crippen molar-refractivity contribution in [1.82, 2.24) is 10.2 Å². The average molecular weight is 278 g/mol. The van der Waals surface area contributed by atoms with E-state index in [9.17, 15) is 9.18 Å². The van der Waals surface area contributed by atoms with E-state index in [2.05, 4.69) is 12.2 Å². The summed E-state index contributed by atoms with van der Waals surface area (Å²) in [6.07, 6.45) is 3.59.